The second-order valence-corrected chi connectivity index (χ2v) is 5.52. The largest absolute Gasteiger partial charge is 0.445 e. The van der Waals surface area contributed by atoms with Crippen LogP contribution in [0.1, 0.15) is 0 Å². The summed E-state index contributed by atoms with van der Waals surface area (Å²) in [6, 6.07) is 0. The number of carbonyl (C=O) groups is 3. The van der Waals surface area contributed by atoms with E-state index in [1.807, 2.05) is 0 Å². The van der Waals surface area contributed by atoms with Crippen molar-refractivity contribution < 1.29 is 28.6 Å². The van der Waals surface area contributed by atoms with Crippen LogP contribution < -0.4 is 16.0 Å². The molecule has 24 heavy (non-hydrogen) atoms. The Hall–Kier alpha value is -1.14. The smallest absolute Gasteiger partial charge is 0.407 e. The molecule has 0 radical (unpaired) electrons. The lowest BCUT2D eigenvalue weighted by Gasteiger charge is -2.18. The van der Waals surface area contributed by atoms with Gasteiger partial charge in [0.05, 0.1) is 0 Å². The highest BCUT2D eigenvalue weighted by Crippen LogP contribution is 1.98. The Bertz CT molecular complexity index is 365. The molecule has 0 saturated carbocycles. The number of carbonyl (C=O) groups excluding carboxylic acids is 3. The monoisotopic (exact) mass is 401 g/mol. The summed E-state index contributed by atoms with van der Waals surface area (Å²) in [7, 11) is 0. The zero-order valence-corrected chi connectivity index (χ0v) is 15.7. The number of amides is 3. The summed E-state index contributed by atoms with van der Waals surface area (Å²) in [5.41, 5.74) is 0. The van der Waals surface area contributed by atoms with Crippen LogP contribution in [0.5, 0.6) is 0 Å². The summed E-state index contributed by atoms with van der Waals surface area (Å²) < 4.78 is 14.8. The molecule has 0 aromatic rings. The molecule has 9 nitrogen and oxygen atoms in total. The average Bonchev–Trinajstić information content (AvgIpc) is 2.58. The van der Waals surface area contributed by atoms with Crippen LogP contribution >= 0.6 is 37.9 Å². The van der Waals surface area contributed by atoms with Crippen molar-refractivity contribution in [2.75, 3.05) is 50.1 Å². The van der Waals surface area contributed by atoms with Gasteiger partial charge in [0.2, 0.25) is 0 Å². The van der Waals surface area contributed by atoms with Crippen LogP contribution in [0.15, 0.2) is 0 Å². The van der Waals surface area contributed by atoms with Gasteiger partial charge in [-0.25, -0.2) is 14.4 Å². The van der Waals surface area contributed by atoms with Gasteiger partial charge in [0, 0.05) is 36.9 Å². The summed E-state index contributed by atoms with van der Waals surface area (Å²) in [6.07, 6.45) is -3.05. The fourth-order valence-electron chi connectivity index (χ4n) is 1.22. The van der Waals surface area contributed by atoms with Gasteiger partial charge in [0.25, 0.3) is 0 Å². The zero-order valence-electron chi connectivity index (χ0n) is 13.0. The molecule has 0 heterocycles. The first-order chi connectivity index (χ1) is 11.5. The summed E-state index contributed by atoms with van der Waals surface area (Å²) in [5, 5.41) is 7.31. The van der Waals surface area contributed by atoms with E-state index in [1.165, 1.54) is 0 Å². The summed E-state index contributed by atoms with van der Waals surface area (Å²) in [6.45, 7) is 0.428. The number of alkyl carbamates (subject to hydrolysis) is 3. The highest BCUT2D eigenvalue weighted by Gasteiger charge is 2.19. The Morgan fingerprint density at radius 2 is 1.08 bits per heavy atom. The van der Waals surface area contributed by atoms with E-state index in [4.69, 9.17) is 14.2 Å². The van der Waals surface area contributed by atoms with E-state index in [2.05, 4.69) is 53.8 Å². The lowest BCUT2D eigenvalue weighted by Crippen LogP contribution is -2.38. The number of ether oxygens (including phenoxy) is 3. The summed E-state index contributed by atoms with van der Waals surface area (Å²) in [5.74, 6) is 1.34. The maximum atomic E-state index is 11.5. The summed E-state index contributed by atoms with van der Waals surface area (Å²) in [4.78, 5) is 34.3. The van der Waals surface area contributed by atoms with Gasteiger partial charge < -0.3 is 30.2 Å². The third-order valence-electron chi connectivity index (χ3n) is 2.22. The molecule has 3 amide bonds. The quantitative estimate of drug-likeness (QED) is 0.220. The molecule has 0 aliphatic rings. The Morgan fingerprint density at radius 3 is 1.46 bits per heavy atom. The summed E-state index contributed by atoms with van der Waals surface area (Å²) >= 11 is 11.8. The molecule has 0 aromatic carbocycles. The molecule has 140 valence electrons. The van der Waals surface area contributed by atoms with E-state index in [0.29, 0.717) is 36.9 Å². The standard InChI is InChI=1S/C12H23N3O6S3/c16-10(13-1-4-22)19-7-9(21-12(18)15-3-6-24)8-20-11(17)14-2-5-23/h9,22-24H,1-8H2,(H,13,16)(H,14,17)(H,15,18). The average molecular weight is 402 g/mol. The molecule has 0 aliphatic heterocycles. The van der Waals surface area contributed by atoms with Gasteiger partial charge in [-0.05, 0) is 0 Å². The van der Waals surface area contributed by atoms with Crippen molar-refractivity contribution in [2.24, 2.45) is 0 Å². The van der Waals surface area contributed by atoms with E-state index in [1.54, 1.807) is 0 Å². The van der Waals surface area contributed by atoms with Gasteiger partial charge in [-0.2, -0.15) is 37.9 Å². The molecular formula is C12H23N3O6S3. The lowest BCUT2D eigenvalue weighted by molar-refractivity contribution is 0.00774. The fraction of sp³-hybridized carbons (Fsp3) is 0.750. The first kappa shape index (κ1) is 22.9. The van der Waals surface area contributed by atoms with Crippen LogP contribution in [-0.4, -0.2) is 74.5 Å². The van der Waals surface area contributed by atoms with Gasteiger partial charge in [-0.1, -0.05) is 0 Å². The maximum absolute atomic E-state index is 11.5. The van der Waals surface area contributed by atoms with E-state index >= 15 is 0 Å². The number of rotatable bonds is 11. The first-order valence-corrected chi connectivity index (χ1v) is 9.01. The Kier molecular flexibility index (Phi) is 14.7. The molecule has 0 rings (SSSR count). The van der Waals surface area contributed by atoms with E-state index in [-0.39, 0.29) is 13.2 Å². The van der Waals surface area contributed by atoms with Crippen molar-refractivity contribution in [2.45, 2.75) is 6.10 Å². The highest BCUT2D eigenvalue weighted by molar-refractivity contribution is 7.80. The van der Waals surface area contributed by atoms with Gasteiger partial charge in [0.15, 0.2) is 6.10 Å². The normalized spacial score (nSPS) is 10.0. The van der Waals surface area contributed by atoms with Gasteiger partial charge >= 0.3 is 18.3 Å². The fourth-order valence-corrected chi connectivity index (χ4v) is 1.56. The second-order valence-electron chi connectivity index (χ2n) is 4.18. The van der Waals surface area contributed by atoms with Crippen LogP contribution in [0.4, 0.5) is 14.4 Å². The molecule has 0 spiro atoms. The molecule has 0 saturated heterocycles. The predicted molar refractivity (Wildman–Crippen MR) is 98.5 cm³/mol. The molecule has 0 atom stereocenters. The maximum Gasteiger partial charge on any atom is 0.407 e. The Morgan fingerprint density at radius 1 is 0.708 bits per heavy atom. The van der Waals surface area contributed by atoms with Crippen LogP contribution in [0.25, 0.3) is 0 Å². The third kappa shape index (κ3) is 13.3. The van der Waals surface area contributed by atoms with Crippen LogP contribution in [-0.2, 0) is 14.2 Å². The van der Waals surface area contributed by atoms with Crippen LogP contribution in [0.3, 0.4) is 0 Å². The highest BCUT2D eigenvalue weighted by atomic mass is 32.1. The molecule has 12 heteroatoms. The molecule has 0 bridgehead atoms. The van der Waals surface area contributed by atoms with Crippen molar-refractivity contribution in [1.29, 1.82) is 0 Å². The van der Waals surface area contributed by atoms with Crippen molar-refractivity contribution in [1.82, 2.24) is 16.0 Å². The second kappa shape index (κ2) is 15.4. The minimum Gasteiger partial charge on any atom is -0.445 e. The first-order valence-electron chi connectivity index (χ1n) is 7.11. The lowest BCUT2D eigenvalue weighted by atomic mass is 10.4. The molecule has 3 N–H and O–H groups in total. The molecule has 0 aromatic heterocycles. The van der Waals surface area contributed by atoms with Crippen LogP contribution in [0, 0.1) is 0 Å². The number of hydrogen-bond donors (Lipinski definition) is 6. The Balaban J connectivity index is 4.34. The van der Waals surface area contributed by atoms with Crippen molar-refractivity contribution in [3.8, 4) is 0 Å². The topological polar surface area (TPSA) is 115 Å². The van der Waals surface area contributed by atoms with Crippen molar-refractivity contribution in [3.63, 3.8) is 0 Å². The SMILES string of the molecule is O=C(NCCS)OCC(COC(=O)NCCS)OC(=O)NCCS. The minimum atomic E-state index is -0.951. The van der Waals surface area contributed by atoms with Crippen molar-refractivity contribution in [3.05, 3.63) is 0 Å². The van der Waals surface area contributed by atoms with E-state index in [0.717, 1.165) is 0 Å². The number of nitrogens with one attached hydrogen (secondary N) is 3. The number of thiol groups is 3. The molecule has 0 unspecified atom stereocenters. The van der Waals surface area contributed by atoms with E-state index < -0.39 is 24.4 Å². The zero-order chi connectivity index (χ0) is 18.2. The van der Waals surface area contributed by atoms with Crippen molar-refractivity contribution >= 4 is 56.2 Å². The van der Waals surface area contributed by atoms with Gasteiger partial charge in [-0.3, -0.25) is 0 Å². The number of hydrogen-bond acceptors (Lipinski definition) is 9. The predicted octanol–water partition coefficient (Wildman–Crippen LogP) is 0.323. The minimum absolute atomic E-state index is 0.271. The molecule has 0 fully saturated rings. The molecular weight excluding hydrogens is 378 g/mol. The van der Waals surface area contributed by atoms with Crippen LogP contribution in [0.2, 0.25) is 0 Å². The Labute approximate surface area is 157 Å². The van der Waals surface area contributed by atoms with Gasteiger partial charge in [-0.15, -0.1) is 0 Å². The van der Waals surface area contributed by atoms with E-state index in [9.17, 15) is 14.4 Å². The van der Waals surface area contributed by atoms with Gasteiger partial charge in [0.1, 0.15) is 13.2 Å². The molecule has 0 aliphatic carbocycles. The third-order valence-corrected chi connectivity index (χ3v) is 2.89.